The minimum Gasteiger partial charge on any atom is -0.361 e. The molecule has 0 spiro atoms. The average molecular weight is 262 g/mol. The van der Waals surface area contributed by atoms with Crippen molar-refractivity contribution >= 4 is 24.2 Å². The second-order valence-corrected chi connectivity index (χ2v) is 4.85. The smallest absolute Gasteiger partial charge is 0.118 e. The van der Waals surface area contributed by atoms with Crippen LogP contribution in [0, 0.1) is 0 Å². The number of hydrogen-bond acceptors (Lipinski definition) is 3. The first-order chi connectivity index (χ1) is 7.24. The van der Waals surface area contributed by atoms with Gasteiger partial charge in [0, 0.05) is 6.04 Å². The molecule has 16 heavy (non-hydrogen) atoms. The molecule has 2 atom stereocenters. The summed E-state index contributed by atoms with van der Waals surface area (Å²) in [6.45, 7) is 4.74. The molecule has 1 aromatic rings. The minimum atomic E-state index is 0. The predicted molar refractivity (Wildman–Crippen MR) is 74.0 cm³/mol. The van der Waals surface area contributed by atoms with Gasteiger partial charge >= 0.3 is 0 Å². The highest BCUT2D eigenvalue weighted by Crippen LogP contribution is 2.16. The van der Waals surface area contributed by atoms with Crippen LogP contribution in [0.1, 0.15) is 19.4 Å². The first kappa shape index (κ1) is 15.8. The van der Waals surface area contributed by atoms with Crippen LogP contribution in [-0.4, -0.2) is 17.2 Å². The molecule has 0 amide bonds. The number of benzene rings is 1. The second-order valence-electron chi connectivity index (χ2n) is 3.48. The van der Waals surface area contributed by atoms with Crippen molar-refractivity contribution < 1.29 is 4.74 Å². The average Bonchev–Trinajstić information content (AvgIpc) is 2.25. The van der Waals surface area contributed by atoms with Crippen LogP contribution < -0.4 is 5.73 Å². The summed E-state index contributed by atoms with van der Waals surface area (Å²) in [5.74, 6) is 1.03. The molecule has 0 heterocycles. The molecule has 0 fully saturated rings. The summed E-state index contributed by atoms with van der Waals surface area (Å²) >= 11 is 1.76. The van der Waals surface area contributed by atoms with E-state index in [0.717, 1.165) is 5.75 Å². The molecule has 2 N–H and O–H groups in total. The zero-order valence-electron chi connectivity index (χ0n) is 9.76. The lowest BCUT2D eigenvalue weighted by atomic mass is 10.2. The molecule has 0 aromatic heterocycles. The highest BCUT2D eigenvalue weighted by Gasteiger charge is 2.13. The molecule has 2 nitrogen and oxygen atoms in total. The van der Waals surface area contributed by atoms with Gasteiger partial charge in [-0.1, -0.05) is 37.3 Å². The van der Waals surface area contributed by atoms with Crippen LogP contribution in [-0.2, 0) is 11.3 Å². The van der Waals surface area contributed by atoms with Gasteiger partial charge in [0.05, 0.1) is 6.61 Å². The normalized spacial score (nSPS) is 13.9. The summed E-state index contributed by atoms with van der Waals surface area (Å²) in [6, 6.07) is 10.2. The Balaban J connectivity index is 0.00000225. The van der Waals surface area contributed by atoms with Gasteiger partial charge in [0.1, 0.15) is 5.44 Å². The fourth-order valence-electron chi connectivity index (χ4n) is 1.27. The summed E-state index contributed by atoms with van der Waals surface area (Å²) in [7, 11) is 0. The van der Waals surface area contributed by atoms with E-state index < -0.39 is 0 Å². The number of hydrogen-bond donors (Lipinski definition) is 1. The maximum absolute atomic E-state index is 5.84. The minimum absolute atomic E-state index is 0. The lowest BCUT2D eigenvalue weighted by molar-refractivity contribution is 0.0863. The van der Waals surface area contributed by atoms with Gasteiger partial charge in [0.15, 0.2) is 0 Å². The topological polar surface area (TPSA) is 35.2 Å². The van der Waals surface area contributed by atoms with Crippen LogP contribution in [0.15, 0.2) is 30.3 Å². The van der Waals surface area contributed by atoms with Crippen molar-refractivity contribution in [2.75, 3.05) is 5.75 Å². The molecular formula is C12H20ClNOS. The SMILES string of the molecule is CCSC(OCc1ccccc1)C(C)N.Cl. The Morgan fingerprint density at radius 2 is 1.94 bits per heavy atom. The van der Waals surface area contributed by atoms with Crippen molar-refractivity contribution in [3.63, 3.8) is 0 Å². The Kier molecular flexibility index (Phi) is 8.76. The molecule has 0 radical (unpaired) electrons. The van der Waals surface area contributed by atoms with Crippen molar-refractivity contribution in [1.82, 2.24) is 0 Å². The third kappa shape index (κ3) is 5.75. The maximum Gasteiger partial charge on any atom is 0.118 e. The summed E-state index contributed by atoms with van der Waals surface area (Å²) in [5, 5.41) is 0. The highest BCUT2D eigenvalue weighted by molar-refractivity contribution is 7.99. The standard InChI is InChI=1S/C12H19NOS.ClH/c1-3-15-12(10(2)13)14-9-11-7-5-4-6-8-11;/h4-8,10,12H,3,9,13H2,1-2H3;1H. The van der Waals surface area contributed by atoms with Crippen LogP contribution in [0.2, 0.25) is 0 Å². The van der Waals surface area contributed by atoms with Gasteiger partial charge in [-0.15, -0.1) is 24.2 Å². The molecule has 2 unspecified atom stereocenters. The number of thioether (sulfide) groups is 1. The first-order valence-electron chi connectivity index (χ1n) is 5.26. The van der Waals surface area contributed by atoms with Gasteiger partial charge in [-0.05, 0) is 18.2 Å². The fourth-order valence-corrected chi connectivity index (χ4v) is 2.06. The van der Waals surface area contributed by atoms with Crippen LogP contribution in [0.4, 0.5) is 0 Å². The van der Waals surface area contributed by atoms with Gasteiger partial charge in [-0.2, -0.15) is 0 Å². The van der Waals surface area contributed by atoms with Gasteiger partial charge < -0.3 is 10.5 Å². The van der Waals surface area contributed by atoms with Crippen LogP contribution in [0.5, 0.6) is 0 Å². The predicted octanol–water partition coefficient (Wildman–Crippen LogP) is 3.05. The fraction of sp³-hybridized carbons (Fsp3) is 0.500. The van der Waals surface area contributed by atoms with Crippen molar-refractivity contribution in [1.29, 1.82) is 0 Å². The van der Waals surface area contributed by atoms with Gasteiger partial charge in [-0.25, -0.2) is 0 Å². The second kappa shape index (κ2) is 8.88. The summed E-state index contributed by atoms with van der Waals surface area (Å²) in [4.78, 5) is 0. The van der Waals surface area contributed by atoms with Gasteiger partial charge in [0.2, 0.25) is 0 Å². The van der Waals surface area contributed by atoms with E-state index in [-0.39, 0.29) is 23.9 Å². The molecular weight excluding hydrogens is 242 g/mol. The molecule has 0 saturated carbocycles. The molecule has 0 saturated heterocycles. The van der Waals surface area contributed by atoms with E-state index in [0.29, 0.717) is 6.61 Å². The number of nitrogens with two attached hydrogens (primary N) is 1. The van der Waals surface area contributed by atoms with Crippen molar-refractivity contribution in [3.05, 3.63) is 35.9 Å². The molecule has 92 valence electrons. The molecule has 0 aliphatic rings. The van der Waals surface area contributed by atoms with E-state index in [9.17, 15) is 0 Å². The van der Waals surface area contributed by atoms with Crippen LogP contribution in [0.25, 0.3) is 0 Å². The zero-order valence-corrected chi connectivity index (χ0v) is 11.4. The summed E-state index contributed by atoms with van der Waals surface area (Å²) in [5.41, 5.74) is 7.13. The van der Waals surface area contributed by atoms with E-state index in [2.05, 4.69) is 19.1 Å². The number of ether oxygens (including phenoxy) is 1. The Morgan fingerprint density at radius 3 is 2.44 bits per heavy atom. The summed E-state index contributed by atoms with van der Waals surface area (Å²) in [6.07, 6.45) is 0. The molecule has 1 rings (SSSR count). The van der Waals surface area contributed by atoms with Crippen LogP contribution >= 0.6 is 24.2 Å². The van der Waals surface area contributed by atoms with Crippen molar-refractivity contribution in [2.24, 2.45) is 5.73 Å². The van der Waals surface area contributed by atoms with E-state index in [4.69, 9.17) is 10.5 Å². The Bertz CT molecular complexity index is 269. The van der Waals surface area contributed by atoms with Crippen molar-refractivity contribution in [2.45, 2.75) is 31.9 Å². The third-order valence-corrected chi connectivity index (χ3v) is 3.24. The van der Waals surface area contributed by atoms with Crippen molar-refractivity contribution in [3.8, 4) is 0 Å². The van der Waals surface area contributed by atoms with E-state index in [1.807, 2.05) is 25.1 Å². The largest absolute Gasteiger partial charge is 0.361 e. The highest BCUT2D eigenvalue weighted by atomic mass is 35.5. The molecule has 0 aliphatic heterocycles. The molecule has 1 aromatic carbocycles. The first-order valence-corrected chi connectivity index (χ1v) is 6.31. The van der Waals surface area contributed by atoms with Crippen LogP contribution in [0.3, 0.4) is 0 Å². The Labute approximate surface area is 108 Å². The van der Waals surface area contributed by atoms with E-state index >= 15 is 0 Å². The lowest BCUT2D eigenvalue weighted by Crippen LogP contribution is -2.31. The Morgan fingerprint density at radius 1 is 1.31 bits per heavy atom. The third-order valence-electron chi connectivity index (χ3n) is 2.02. The van der Waals surface area contributed by atoms with E-state index in [1.165, 1.54) is 5.56 Å². The van der Waals surface area contributed by atoms with Gasteiger partial charge in [0.25, 0.3) is 0 Å². The quantitative estimate of drug-likeness (QED) is 0.800. The van der Waals surface area contributed by atoms with E-state index in [1.54, 1.807) is 11.8 Å². The maximum atomic E-state index is 5.84. The zero-order chi connectivity index (χ0) is 11.1. The number of halogens is 1. The molecule has 4 heteroatoms. The van der Waals surface area contributed by atoms with Gasteiger partial charge in [-0.3, -0.25) is 0 Å². The monoisotopic (exact) mass is 261 g/mol. The summed E-state index contributed by atoms with van der Waals surface area (Å²) < 4.78 is 5.77. The number of rotatable bonds is 6. The molecule has 0 aliphatic carbocycles. The lowest BCUT2D eigenvalue weighted by Gasteiger charge is -2.20. The Hall–Kier alpha value is -0.220. The molecule has 0 bridgehead atoms.